The molecule has 1 aliphatic heterocycles. The van der Waals surface area contributed by atoms with Gasteiger partial charge in [0.15, 0.2) is 0 Å². The summed E-state index contributed by atoms with van der Waals surface area (Å²) in [5.74, 6) is -0.166. The van der Waals surface area contributed by atoms with Crippen molar-refractivity contribution in [2.45, 2.75) is 13.3 Å². The molecule has 0 bridgehead atoms. The third-order valence-corrected chi connectivity index (χ3v) is 3.88. The molecule has 0 spiro atoms. The van der Waals surface area contributed by atoms with E-state index in [1.54, 1.807) is 0 Å². The number of nitrogens with zero attached hydrogens (tertiary/aromatic N) is 2. The fraction of sp³-hybridized carbons (Fsp3) is 0.250. The predicted octanol–water partition coefficient (Wildman–Crippen LogP) is 3.76. The first-order valence-electron chi connectivity index (χ1n) is 6.81. The zero-order valence-electron chi connectivity index (χ0n) is 11.6. The molecule has 3 rings (SSSR count). The van der Waals surface area contributed by atoms with E-state index in [1.165, 1.54) is 17.7 Å². The van der Waals surface area contributed by atoms with Crippen LogP contribution in [0.25, 0.3) is 0 Å². The standard InChI is InChI=1S/C16H15ClN2O2/c1-10-8-11-4-2-3-5-13(11)19(9-10)15-12(16(20)21)6-7-14(17)18-15/h2-7,10H,8-9H2,1H3,(H,20,21). The maximum Gasteiger partial charge on any atom is 0.339 e. The summed E-state index contributed by atoms with van der Waals surface area (Å²) in [6.07, 6.45) is 0.982. The molecule has 0 amide bonds. The van der Waals surface area contributed by atoms with Crippen molar-refractivity contribution in [3.63, 3.8) is 0 Å². The largest absolute Gasteiger partial charge is 0.478 e. The number of halogens is 1. The van der Waals surface area contributed by atoms with E-state index >= 15 is 0 Å². The molecule has 1 N–H and O–H groups in total. The van der Waals surface area contributed by atoms with Crippen LogP contribution in [0.5, 0.6) is 0 Å². The van der Waals surface area contributed by atoms with E-state index in [9.17, 15) is 9.90 Å². The molecular weight excluding hydrogens is 288 g/mol. The van der Waals surface area contributed by atoms with Crippen LogP contribution in [-0.2, 0) is 6.42 Å². The Hall–Kier alpha value is -2.07. The summed E-state index contributed by atoms with van der Waals surface area (Å²) < 4.78 is 0. The highest BCUT2D eigenvalue weighted by Gasteiger charge is 2.27. The summed E-state index contributed by atoms with van der Waals surface area (Å²) in [4.78, 5) is 17.7. The van der Waals surface area contributed by atoms with E-state index in [4.69, 9.17) is 11.6 Å². The summed E-state index contributed by atoms with van der Waals surface area (Å²) in [5, 5.41) is 9.69. The fourth-order valence-corrected chi connectivity index (χ4v) is 2.94. The summed E-state index contributed by atoms with van der Waals surface area (Å²) >= 11 is 5.97. The number of fused-ring (bicyclic) bond motifs is 1. The molecule has 2 aromatic rings. The van der Waals surface area contributed by atoms with Gasteiger partial charge in [0.05, 0.1) is 0 Å². The molecule has 1 aromatic carbocycles. The Morgan fingerprint density at radius 2 is 2.10 bits per heavy atom. The topological polar surface area (TPSA) is 53.4 Å². The van der Waals surface area contributed by atoms with E-state index in [0.717, 1.165) is 18.7 Å². The minimum atomic E-state index is -0.995. The summed E-state index contributed by atoms with van der Waals surface area (Å²) in [6.45, 7) is 2.87. The number of pyridine rings is 1. The molecule has 5 heteroatoms. The van der Waals surface area contributed by atoms with Crippen LogP contribution in [0.1, 0.15) is 22.8 Å². The van der Waals surface area contributed by atoms with Gasteiger partial charge in [-0.05, 0) is 36.1 Å². The number of anilines is 2. The molecular formula is C16H15ClN2O2. The Morgan fingerprint density at radius 3 is 2.86 bits per heavy atom. The number of aromatic nitrogens is 1. The Balaban J connectivity index is 2.17. The molecule has 1 atom stereocenters. The molecule has 0 fully saturated rings. The van der Waals surface area contributed by atoms with Gasteiger partial charge in [-0.25, -0.2) is 9.78 Å². The van der Waals surface area contributed by atoms with Gasteiger partial charge in [-0.3, -0.25) is 0 Å². The maximum atomic E-state index is 11.5. The van der Waals surface area contributed by atoms with E-state index in [-0.39, 0.29) is 5.56 Å². The Morgan fingerprint density at radius 1 is 1.33 bits per heavy atom. The number of benzene rings is 1. The molecule has 108 valence electrons. The summed E-state index contributed by atoms with van der Waals surface area (Å²) in [6, 6.07) is 11.0. The molecule has 1 unspecified atom stereocenters. The number of carbonyl (C=O) groups is 1. The average Bonchev–Trinajstić information content (AvgIpc) is 2.45. The molecule has 0 saturated carbocycles. The van der Waals surface area contributed by atoms with Gasteiger partial charge >= 0.3 is 5.97 Å². The van der Waals surface area contributed by atoms with Crippen molar-refractivity contribution in [3.05, 3.63) is 52.7 Å². The average molecular weight is 303 g/mol. The number of para-hydroxylation sites is 1. The zero-order chi connectivity index (χ0) is 15.0. The minimum absolute atomic E-state index is 0.170. The van der Waals surface area contributed by atoms with Gasteiger partial charge in [0.25, 0.3) is 0 Å². The monoisotopic (exact) mass is 302 g/mol. The molecule has 0 aliphatic carbocycles. The van der Waals surface area contributed by atoms with E-state index < -0.39 is 5.97 Å². The van der Waals surface area contributed by atoms with Crippen molar-refractivity contribution in [3.8, 4) is 0 Å². The quantitative estimate of drug-likeness (QED) is 0.858. The Kier molecular flexibility index (Phi) is 3.55. The smallest absolute Gasteiger partial charge is 0.339 e. The van der Waals surface area contributed by atoms with Crippen molar-refractivity contribution in [1.29, 1.82) is 0 Å². The molecule has 21 heavy (non-hydrogen) atoms. The van der Waals surface area contributed by atoms with Crippen LogP contribution in [0.4, 0.5) is 11.5 Å². The highest BCUT2D eigenvalue weighted by atomic mass is 35.5. The van der Waals surface area contributed by atoms with Crippen molar-refractivity contribution in [1.82, 2.24) is 4.98 Å². The number of hydrogen-bond donors (Lipinski definition) is 1. The molecule has 1 aromatic heterocycles. The fourth-order valence-electron chi connectivity index (χ4n) is 2.80. The highest BCUT2D eigenvalue weighted by molar-refractivity contribution is 6.29. The SMILES string of the molecule is CC1Cc2ccccc2N(c2nc(Cl)ccc2C(=O)O)C1. The van der Waals surface area contributed by atoms with Crippen LogP contribution in [0.3, 0.4) is 0 Å². The molecule has 0 radical (unpaired) electrons. The molecule has 2 heterocycles. The Labute approximate surface area is 128 Å². The molecule has 4 nitrogen and oxygen atoms in total. The van der Waals surface area contributed by atoms with Crippen LogP contribution >= 0.6 is 11.6 Å². The number of hydrogen-bond acceptors (Lipinski definition) is 3. The van der Waals surface area contributed by atoms with Gasteiger partial charge in [-0.2, -0.15) is 0 Å². The molecule has 0 saturated heterocycles. The van der Waals surface area contributed by atoms with E-state index in [1.807, 2.05) is 23.1 Å². The normalized spacial score (nSPS) is 17.4. The number of rotatable bonds is 2. The number of aromatic carboxylic acids is 1. The van der Waals surface area contributed by atoms with Crippen molar-refractivity contribution < 1.29 is 9.90 Å². The van der Waals surface area contributed by atoms with Gasteiger partial charge < -0.3 is 10.0 Å². The van der Waals surface area contributed by atoms with Crippen LogP contribution in [-0.4, -0.2) is 22.6 Å². The van der Waals surface area contributed by atoms with Crippen LogP contribution in [0.2, 0.25) is 5.15 Å². The summed E-state index contributed by atoms with van der Waals surface area (Å²) in [7, 11) is 0. The maximum absolute atomic E-state index is 11.5. The third-order valence-electron chi connectivity index (χ3n) is 3.67. The van der Waals surface area contributed by atoms with E-state index in [2.05, 4.69) is 18.0 Å². The lowest BCUT2D eigenvalue weighted by Gasteiger charge is -2.34. The van der Waals surface area contributed by atoms with Crippen LogP contribution in [0, 0.1) is 5.92 Å². The minimum Gasteiger partial charge on any atom is -0.478 e. The zero-order valence-corrected chi connectivity index (χ0v) is 12.3. The third kappa shape index (κ3) is 2.59. The lowest BCUT2D eigenvalue weighted by molar-refractivity contribution is 0.0697. The first kappa shape index (κ1) is 13.9. The first-order valence-corrected chi connectivity index (χ1v) is 7.19. The predicted molar refractivity (Wildman–Crippen MR) is 82.5 cm³/mol. The Bertz CT molecular complexity index is 702. The lowest BCUT2D eigenvalue weighted by Crippen LogP contribution is -2.32. The second-order valence-electron chi connectivity index (χ2n) is 5.36. The van der Waals surface area contributed by atoms with Gasteiger partial charge in [0.2, 0.25) is 0 Å². The van der Waals surface area contributed by atoms with Gasteiger partial charge in [0, 0.05) is 12.2 Å². The van der Waals surface area contributed by atoms with Gasteiger partial charge in [0.1, 0.15) is 16.5 Å². The van der Waals surface area contributed by atoms with Crippen LogP contribution in [0.15, 0.2) is 36.4 Å². The first-order chi connectivity index (χ1) is 10.1. The number of carboxylic acids is 1. The van der Waals surface area contributed by atoms with Gasteiger partial charge in [-0.15, -0.1) is 0 Å². The second kappa shape index (κ2) is 5.37. The van der Waals surface area contributed by atoms with Crippen molar-refractivity contribution in [2.75, 3.05) is 11.4 Å². The highest BCUT2D eigenvalue weighted by Crippen LogP contribution is 2.36. The lowest BCUT2D eigenvalue weighted by atomic mass is 9.93. The summed E-state index contributed by atoms with van der Waals surface area (Å²) in [5.41, 5.74) is 2.38. The molecule has 1 aliphatic rings. The van der Waals surface area contributed by atoms with Gasteiger partial charge in [-0.1, -0.05) is 36.7 Å². The number of carboxylic acid groups (broad SMARTS) is 1. The van der Waals surface area contributed by atoms with Crippen molar-refractivity contribution in [2.24, 2.45) is 5.92 Å². The van der Waals surface area contributed by atoms with Crippen molar-refractivity contribution >= 4 is 29.1 Å². The van der Waals surface area contributed by atoms with E-state index in [0.29, 0.717) is 16.9 Å². The van der Waals surface area contributed by atoms with Crippen LogP contribution < -0.4 is 4.90 Å². The second-order valence-corrected chi connectivity index (χ2v) is 5.75.